The van der Waals surface area contributed by atoms with Gasteiger partial charge in [-0.3, -0.25) is 4.79 Å². The van der Waals surface area contributed by atoms with Crippen molar-refractivity contribution in [3.63, 3.8) is 0 Å². The van der Waals surface area contributed by atoms with E-state index in [0.717, 1.165) is 19.4 Å². The molecule has 2 nitrogen and oxygen atoms in total. The lowest BCUT2D eigenvalue weighted by atomic mass is 9.89. The van der Waals surface area contributed by atoms with Crippen LogP contribution in [0.4, 0.5) is 0 Å². The number of hydrogen-bond acceptors (Lipinski definition) is 1. The van der Waals surface area contributed by atoms with Crippen LogP contribution >= 0.6 is 0 Å². The molecule has 0 aliphatic rings. The van der Waals surface area contributed by atoms with Crippen LogP contribution in [0.3, 0.4) is 0 Å². The highest BCUT2D eigenvalue weighted by Crippen LogP contribution is 2.19. The van der Waals surface area contributed by atoms with E-state index < -0.39 is 0 Å². The smallest absolute Gasteiger partial charge is 0.225 e. The SMILES string of the molecule is CCC(C)CCNC(=O)C(C)(C)CC. The first kappa shape index (κ1) is 13.5. The highest BCUT2D eigenvalue weighted by atomic mass is 16.2. The molecule has 0 spiro atoms. The molecule has 0 saturated carbocycles. The molecule has 84 valence electrons. The van der Waals surface area contributed by atoms with Gasteiger partial charge in [0.05, 0.1) is 0 Å². The minimum Gasteiger partial charge on any atom is -0.356 e. The van der Waals surface area contributed by atoms with E-state index in [-0.39, 0.29) is 11.3 Å². The van der Waals surface area contributed by atoms with Crippen LogP contribution in [-0.4, -0.2) is 12.5 Å². The Kier molecular flexibility index (Phi) is 5.82. The summed E-state index contributed by atoms with van der Waals surface area (Å²) < 4.78 is 0. The molecule has 1 amide bonds. The van der Waals surface area contributed by atoms with Crippen molar-refractivity contribution in [2.45, 2.75) is 53.9 Å². The Morgan fingerprint density at radius 3 is 2.36 bits per heavy atom. The maximum atomic E-state index is 11.7. The summed E-state index contributed by atoms with van der Waals surface area (Å²) in [5.74, 6) is 0.892. The third kappa shape index (κ3) is 4.64. The Morgan fingerprint density at radius 1 is 1.36 bits per heavy atom. The van der Waals surface area contributed by atoms with Gasteiger partial charge in [0.15, 0.2) is 0 Å². The van der Waals surface area contributed by atoms with Gasteiger partial charge in [0.1, 0.15) is 0 Å². The highest BCUT2D eigenvalue weighted by Gasteiger charge is 2.24. The van der Waals surface area contributed by atoms with E-state index in [4.69, 9.17) is 0 Å². The Morgan fingerprint density at radius 2 is 1.93 bits per heavy atom. The topological polar surface area (TPSA) is 29.1 Å². The molecule has 0 aliphatic carbocycles. The van der Waals surface area contributed by atoms with E-state index in [1.165, 1.54) is 6.42 Å². The summed E-state index contributed by atoms with van der Waals surface area (Å²) in [4.78, 5) is 11.7. The van der Waals surface area contributed by atoms with Gasteiger partial charge >= 0.3 is 0 Å². The summed E-state index contributed by atoms with van der Waals surface area (Å²) in [6.07, 6.45) is 3.16. The van der Waals surface area contributed by atoms with E-state index in [2.05, 4.69) is 19.2 Å². The molecule has 0 aromatic rings. The number of hydrogen-bond donors (Lipinski definition) is 1. The van der Waals surface area contributed by atoms with Crippen LogP contribution in [0.1, 0.15) is 53.9 Å². The zero-order valence-electron chi connectivity index (χ0n) is 10.3. The average Bonchev–Trinajstić information content (AvgIpc) is 2.17. The van der Waals surface area contributed by atoms with Crippen molar-refractivity contribution in [3.05, 3.63) is 0 Å². The van der Waals surface area contributed by atoms with Gasteiger partial charge in [-0.05, 0) is 18.8 Å². The molecule has 0 aliphatic heterocycles. The molecular formula is C12H25NO. The predicted molar refractivity (Wildman–Crippen MR) is 61.2 cm³/mol. The molecule has 0 aromatic carbocycles. The zero-order chi connectivity index (χ0) is 11.2. The third-order valence-electron chi connectivity index (χ3n) is 3.12. The van der Waals surface area contributed by atoms with Crippen LogP contribution in [0.5, 0.6) is 0 Å². The van der Waals surface area contributed by atoms with Crippen LogP contribution in [0, 0.1) is 11.3 Å². The number of carbonyl (C=O) groups excluding carboxylic acids is 1. The molecule has 1 N–H and O–H groups in total. The minimum atomic E-state index is -0.213. The number of carbonyl (C=O) groups is 1. The van der Waals surface area contributed by atoms with E-state index >= 15 is 0 Å². The van der Waals surface area contributed by atoms with Gasteiger partial charge < -0.3 is 5.32 Å². The summed E-state index contributed by atoms with van der Waals surface area (Å²) in [6, 6.07) is 0. The number of amides is 1. The Labute approximate surface area is 88.5 Å². The quantitative estimate of drug-likeness (QED) is 0.700. The van der Waals surface area contributed by atoms with Crippen molar-refractivity contribution < 1.29 is 4.79 Å². The van der Waals surface area contributed by atoms with E-state index in [9.17, 15) is 4.79 Å². The molecule has 0 fully saturated rings. The molecule has 0 bridgehead atoms. The molecule has 14 heavy (non-hydrogen) atoms. The van der Waals surface area contributed by atoms with Gasteiger partial charge in [-0.25, -0.2) is 0 Å². The molecule has 0 heterocycles. The van der Waals surface area contributed by atoms with Crippen LogP contribution in [0.25, 0.3) is 0 Å². The first-order chi connectivity index (χ1) is 6.44. The van der Waals surface area contributed by atoms with E-state index in [1.807, 2.05) is 20.8 Å². The fourth-order valence-electron chi connectivity index (χ4n) is 1.04. The summed E-state index contributed by atoms with van der Waals surface area (Å²) >= 11 is 0. The van der Waals surface area contributed by atoms with Crippen molar-refractivity contribution in [2.24, 2.45) is 11.3 Å². The normalized spacial score (nSPS) is 13.8. The largest absolute Gasteiger partial charge is 0.356 e. The second-order valence-corrected chi connectivity index (χ2v) is 4.80. The fraction of sp³-hybridized carbons (Fsp3) is 0.917. The molecule has 1 unspecified atom stereocenters. The second-order valence-electron chi connectivity index (χ2n) is 4.80. The summed E-state index contributed by atoms with van der Waals surface area (Å²) in [5.41, 5.74) is -0.213. The Bertz CT molecular complexity index is 175. The number of rotatable bonds is 6. The van der Waals surface area contributed by atoms with E-state index in [0.29, 0.717) is 5.92 Å². The van der Waals surface area contributed by atoms with Gasteiger partial charge in [0, 0.05) is 12.0 Å². The minimum absolute atomic E-state index is 0.184. The highest BCUT2D eigenvalue weighted by molar-refractivity contribution is 5.81. The van der Waals surface area contributed by atoms with Crippen molar-refractivity contribution >= 4 is 5.91 Å². The lowest BCUT2D eigenvalue weighted by Crippen LogP contribution is -2.37. The number of nitrogens with one attached hydrogen (secondary N) is 1. The molecule has 0 aromatic heterocycles. The van der Waals surface area contributed by atoms with Crippen molar-refractivity contribution in [1.29, 1.82) is 0 Å². The van der Waals surface area contributed by atoms with Gasteiger partial charge in [0.2, 0.25) is 5.91 Å². The molecule has 0 rings (SSSR count). The maximum absolute atomic E-state index is 11.7. The molecule has 1 atom stereocenters. The summed E-state index contributed by atoms with van der Waals surface area (Å²) in [6.45, 7) is 11.3. The lowest BCUT2D eigenvalue weighted by molar-refractivity contribution is -0.129. The second kappa shape index (κ2) is 6.05. The maximum Gasteiger partial charge on any atom is 0.225 e. The van der Waals surface area contributed by atoms with Gasteiger partial charge in [-0.15, -0.1) is 0 Å². The summed E-state index contributed by atoms with van der Waals surface area (Å²) in [7, 11) is 0. The first-order valence-electron chi connectivity index (χ1n) is 5.72. The predicted octanol–water partition coefficient (Wildman–Crippen LogP) is 2.98. The Hall–Kier alpha value is -0.530. The van der Waals surface area contributed by atoms with Gasteiger partial charge in [0.25, 0.3) is 0 Å². The zero-order valence-corrected chi connectivity index (χ0v) is 10.3. The molecule has 0 saturated heterocycles. The fourth-order valence-corrected chi connectivity index (χ4v) is 1.04. The molecular weight excluding hydrogens is 174 g/mol. The first-order valence-corrected chi connectivity index (χ1v) is 5.72. The van der Waals surface area contributed by atoms with E-state index in [1.54, 1.807) is 0 Å². The van der Waals surface area contributed by atoms with Crippen LogP contribution in [0.2, 0.25) is 0 Å². The van der Waals surface area contributed by atoms with Crippen molar-refractivity contribution in [2.75, 3.05) is 6.54 Å². The van der Waals surface area contributed by atoms with Crippen LogP contribution in [-0.2, 0) is 4.79 Å². The molecule has 0 radical (unpaired) electrons. The molecule has 2 heteroatoms. The van der Waals surface area contributed by atoms with Crippen molar-refractivity contribution in [1.82, 2.24) is 5.32 Å². The van der Waals surface area contributed by atoms with Gasteiger partial charge in [-0.1, -0.05) is 41.0 Å². The Balaban J connectivity index is 3.75. The average molecular weight is 199 g/mol. The standard InChI is InChI=1S/C12H25NO/c1-6-10(3)8-9-13-11(14)12(4,5)7-2/h10H,6-9H2,1-5H3,(H,13,14). The van der Waals surface area contributed by atoms with Gasteiger partial charge in [-0.2, -0.15) is 0 Å². The summed E-state index contributed by atoms with van der Waals surface area (Å²) in [5, 5.41) is 3.00. The third-order valence-corrected chi connectivity index (χ3v) is 3.12. The van der Waals surface area contributed by atoms with Crippen molar-refractivity contribution in [3.8, 4) is 0 Å². The van der Waals surface area contributed by atoms with Crippen LogP contribution in [0.15, 0.2) is 0 Å². The lowest BCUT2D eigenvalue weighted by Gasteiger charge is -2.21. The van der Waals surface area contributed by atoms with Crippen LogP contribution < -0.4 is 5.32 Å². The monoisotopic (exact) mass is 199 g/mol.